The Morgan fingerprint density at radius 1 is 1.21 bits per heavy atom. The lowest BCUT2D eigenvalue weighted by Gasteiger charge is -2.06. The predicted molar refractivity (Wildman–Crippen MR) is 89.4 cm³/mol. The number of hydrogen-bond donors (Lipinski definition) is 1. The fourth-order valence-electron chi connectivity index (χ4n) is 1.92. The highest BCUT2D eigenvalue weighted by Gasteiger charge is 2.02. The van der Waals surface area contributed by atoms with Crippen LogP contribution in [0.1, 0.15) is 18.1 Å². The van der Waals surface area contributed by atoms with E-state index < -0.39 is 0 Å². The van der Waals surface area contributed by atoms with Crippen LogP contribution >= 0.6 is 0 Å². The highest BCUT2D eigenvalue weighted by molar-refractivity contribution is 5.83. The van der Waals surface area contributed by atoms with Gasteiger partial charge in [0.2, 0.25) is 0 Å². The third-order valence-corrected chi connectivity index (χ3v) is 3.08. The summed E-state index contributed by atoms with van der Waals surface area (Å²) in [5.74, 6) is 0.0813. The zero-order valence-electron chi connectivity index (χ0n) is 13.4. The molecule has 1 amide bonds. The van der Waals surface area contributed by atoms with E-state index in [1.54, 1.807) is 12.1 Å². The van der Waals surface area contributed by atoms with E-state index in [0.29, 0.717) is 18.9 Å². The number of benzene rings is 2. The van der Waals surface area contributed by atoms with Crippen LogP contribution in [0.4, 0.5) is 4.39 Å². The van der Waals surface area contributed by atoms with Crippen LogP contribution in [0.15, 0.2) is 53.7 Å². The van der Waals surface area contributed by atoms with Gasteiger partial charge in [-0.15, -0.1) is 0 Å². The summed E-state index contributed by atoms with van der Waals surface area (Å²) in [6.45, 7) is 2.56. The van der Waals surface area contributed by atoms with E-state index in [1.807, 2.05) is 31.2 Å². The molecule has 1 N–H and O–H groups in total. The fraction of sp³-hybridized carbons (Fsp3) is 0.222. The number of hydrogen-bond acceptors (Lipinski definition) is 4. The van der Waals surface area contributed by atoms with Gasteiger partial charge in [-0.25, -0.2) is 4.39 Å². The van der Waals surface area contributed by atoms with Gasteiger partial charge in [0.25, 0.3) is 5.91 Å². The van der Waals surface area contributed by atoms with Crippen molar-refractivity contribution in [2.75, 3.05) is 13.2 Å². The Bertz CT molecular complexity index is 687. The van der Waals surface area contributed by atoms with E-state index in [9.17, 15) is 9.18 Å². The maximum atomic E-state index is 12.8. The Kier molecular flexibility index (Phi) is 6.76. The van der Waals surface area contributed by atoms with Gasteiger partial charge in [0.15, 0.2) is 6.61 Å². The summed E-state index contributed by atoms with van der Waals surface area (Å²) >= 11 is 0. The molecule has 0 bridgehead atoms. The van der Waals surface area contributed by atoms with E-state index in [2.05, 4.69) is 10.5 Å². The molecule has 0 aliphatic carbocycles. The number of oxime groups is 1. The molecular weight excluding hydrogens is 311 g/mol. The molecule has 0 unspecified atom stereocenters. The third-order valence-electron chi connectivity index (χ3n) is 3.08. The molecule has 0 saturated carbocycles. The monoisotopic (exact) mass is 330 g/mol. The van der Waals surface area contributed by atoms with Crippen LogP contribution in [-0.4, -0.2) is 25.3 Å². The number of halogens is 1. The van der Waals surface area contributed by atoms with Crippen molar-refractivity contribution in [3.05, 3.63) is 65.5 Å². The van der Waals surface area contributed by atoms with Crippen LogP contribution in [0, 0.1) is 5.82 Å². The average molecular weight is 330 g/mol. The maximum absolute atomic E-state index is 12.8. The van der Waals surface area contributed by atoms with Crippen LogP contribution in [-0.2, 0) is 16.2 Å². The van der Waals surface area contributed by atoms with Crippen molar-refractivity contribution in [1.29, 1.82) is 0 Å². The molecule has 6 heteroatoms. The first-order valence-corrected chi connectivity index (χ1v) is 7.57. The lowest BCUT2D eigenvalue weighted by Crippen LogP contribution is -2.26. The van der Waals surface area contributed by atoms with Gasteiger partial charge in [-0.1, -0.05) is 29.4 Å². The van der Waals surface area contributed by atoms with E-state index in [-0.39, 0.29) is 18.3 Å². The summed E-state index contributed by atoms with van der Waals surface area (Å²) in [4.78, 5) is 16.6. The van der Waals surface area contributed by atoms with E-state index in [4.69, 9.17) is 9.57 Å². The average Bonchev–Trinajstić information content (AvgIpc) is 2.60. The first kappa shape index (κ1) is 17.5. The zero-order chi connectivity index (χ0) is 17.2. The molecule has 2 aromatic rings. The number of nitrogens with one attached hydrogen (secondary N) is 1. The molecule has 0 heterocycles. The minimum atomic E-state index is -0.311. The van der Waals surface area contributed by atoms with Gasteiger partial charge in [0.05, 0.1) is 12.8 Å². The van der Waals surface area contributed by atoms with Crippen LogP contribution in [0.5, 0.6) is 5.75 Å². The molecule has 0 atom stereocenters. The SMILES string of the molecule is CCOc1ccccc1/C=N\OCC(=O)NCc1ccc(F)cc1. The minimum Gasteiger partial charge on any atom is -0.493 e. The largest absolute Gasteiger partial charge is 0.493 e. The van der Waals surface area contributed by atoms with Gasteiger partial charge in [-0.05, 0) is 36.8 Å². The third kappa shape index (κ3) is 5.72. The Morgan fingerprint density at radius 2 is 1.96 bits per heavy atom. The summed E-state index contributed by atoms with van der Waals surface area (Å²) in [5.41, 5.74) is 1.57. The van der Waals surface area contributed by atoms with Gasteiger partial charge in [-0.2, -0.15) is 0 Å². The van der Waals surface area contributed by atoms with Gasteiger partial charge < -0.3 is 14.9 Å². The molecule has 0 spiro atoms. The molecule has 0 aliphatic rings. The minimum absolute atomic E-state index is 0.200. The van der Waals surface area contributed by atoms with E-state index in [1.165, 1.54) is 18.3 Å². The number of rotatable bonds is 8. The molecule has 0 saturated heterocycles. The second-order valence-corrected chi connectivity index (χ2v) is 4.88. The molecule has 0 fully saturated rings. The number of carbonyl (C=O) groups is 1. The Hall–Kier alpha value is -2.89. The summed E-state index contributed by atoms with van der Waals surface area (Å²) in [6.07, 6.45) is 1.50. The molecule has 0 aliphatic heterocycles. The summed E-state index contributed by atoms with van der Waals surface area (Å²) in [6, 6.07) is 13.3. The standard InChI is InChI=1S/C18H19FN2O3/c1-2-23-17-6-4-3-5-15(17)12-21-24-13-18(22)20-11-14-7-9-16(19)10-8-14/h3-10,12H,2,11,13H2,1H3,(H,20,22)/b21-12-. The topological polar surface area (TPSA) is 59.9 Å². The van der Waals surface area contributed by atoms with Gasteiger partial charge in [-0.3, -0.25) is 4.79 Å². The van der Waals surface area contributed by atoms with Gasteiger partial charge in [0.1, 0.15) is 11.6 Å². The maximum Gasteiger partial charge on any atom is 0.261 e. The molecular formula is C18H19FN2O3. The van der Waals surface area contributed by atoms with Crippen molar-refractivity contribution in [2.24, 2.45) is 5.16 Å². The molecule has 24 heavy (non-hydrogen) atoms. The lowest BCUT2D eigenvalue weighted by atomic mass is 10.2. The number of para-hydroxylation sites is 1. The van der Waals surface area contributed by atoms with Gasteiger partial charge in [0, 0.05) is 12.1 Å². The van der Waals surface area contributed by atoms with Crippen LogP contribution < -0.4 is 10.1 Å². The number of ether oxygens (including phenoxy) is 1. The summed E-state index contributed by atoms with van der Waals surface area (Å²) in [5, 5.41) is 6.44. The summed E-state index contributed by atoms with van der Waals surface area (Å²) < 4.78 is 18.2. The first-order chi connectivity index (χ1) is 11.7. The molecule has 2 rings (SSSR count). The number of carbonyl (C=O) groups excluding carboxylic acids is 1. The molecule has 5 nitrogen and oxygen atoms in total. The molecule has 0 aromatic heterocycles. The Labute approximate surface area is 140 Å². The Balaban J connectivity index is 1.75. The molecule has 126 valence electrons. The molecule has 0 radical (unpaired) electrons. The highest BCUT2D eigenvalue weighted by atomic mass is 19.1. The van der Waals surface area contributed by atoms with Crippen LogP contribution in [0.3, 0.4) is 0 Å². The smallest absolute Gasteiger partial charge is 0.261 e. The van der Waals surface area contributed by atoms with Crippen molar-refractivity contribution in [3.8, 4) is 5.75 Å². The highest BCUT2D eigenvalue weighted by Crippen LogP contribution is 2.15. The number of amides is 1. The van der Waals surface area contributed by atoms with Crippen molar-refractivity contribution in [3.63, 3.8) is 0 Å². The quantitative estimate of drug-likeness (QED) is 0.598. The predicted octanol–water partition coefficient (Wildman–Crippen LogP) is 2.89. The second kappa shape index (κ2) is 9.29. The van der Waals surface area contributed by atoms with Crippen LogP contribution in [0.2, 0.25) is 0 Å². The van der Waals surface area contributed by atoms with Crippen molar-refractivity contribution >= 4 is 12.1 Å². The first-order valence-electron chi connectivity index (χ1n) is 7.57. The normalized spacial score (nSPS) is 10.6. The fourth-order valence-corrected chi connectivity index (χ4v) is 1.92. The summed E-state index contributed by atoms with van der Waals surface area (Å²) in [7, 11) is 0. The second-order valence-electron chi connectivity index (χ2n) is 4.88. The van der Waals surface area contributed by atoms with Crippen LogP contribution in [0.25, 0.3) is 0 Å². The number of nitrogens with zero attached hydrogens (tertiary/aromatic N) is 1. The van der Waals surface area contributed by atoms with Gasteiger partial charge >= 0.3 is 0 Å². The molecule has 2 aromatic carbocycles. The van der Waals surface area contributed by atoms with E-state index in [0.717, 1.165) is 11.1 Å². The van der Waals surface area contributed by atoms with Crippen molar-refractivity contribution < 1.29 is 18.8 Å². The van der Waals surface area contributed by atoms with Crippen molar-refractivity contribution in [1.82, 2.24) is 5.32 Å². The zero-order valence-corrected chi connectivity index (χ0v) is 13.4. The lowest BCUT2D eigenvalue weighted by molar-refractivity contribution is -0.125. The van der Waals surface area contributed by atoms with Crippen molar-refractivity contribution in [2.45, 2.75) is 13.5 Å². The van der Waals surface area contributed by atoms with E-state index >= 15 is 0 Å². The Morgan fingerprint density at radius 3 is 2.71 bits per heavy atom.